The maximum absolute atomic E-state index is 6.30. The summed E-state index contributed by atoms with van der Waals surface area (Å²) in [4.78, 5) is 26.4. The molecule has 6 nitrogen and oxygen atoms in total. The standard InChI is InChI=1S/C49H27N5OS2/c1-3-14-28(15-4-1)43-45-44(31-19-8-10-25-37(31)57-45)51-47(50-43)33-21-12-26-38-41(33)42-34(22-13-27-39(42)56-38)49-53-46(29-16-5-2-6-17-29)52-48(54-49)32-20-11-24-36-40(32)30-18-7-9-23-35(30)55-36/h1-27H. The van der Waals surface area contributed by atoms with Gasteiger partial charge in [-0.25, -0.2) is 24.9 Å². The van der Waals surface area contributed by atoms with E-state index in [-0.39, 0.29) is 0 Å². The lowest BCUT2D eigenvalue weighted by Gasteiger charge is -2.11. The zero-order valence-corrected chi connectivity index (χ0v) is 31.7. The van der Waals surface area contributed by atoms with Crippen molar-refractivity contribution < 1.29 is 4.42 Å². The van der Waals surface area contributed by atoms with Crippen LogP contribution in [0.1, 0.15) is 0 Å². The molecule has 12 aromatic rings. The number of furan rings is 1. The molecule has 57 heavy (non-hydrogen) atoms. The van der Waals surface area contributed by atoms with E-state index in [0.29, 0.717) is 23.3 Å². The van der Waals surface area contributed by atoms with Crippen molar-refractivity contribution in [3.63, 3.8) is 0 Å². The van der Waals surface area contributed by atoms with Gasteiger partial charge in [-0.15, -0.1) is 22.7 Å². The number of aromatic nitrogens is 5. The molecule has 7 aromatic carbocycles. The van der Waals surface area contributed by atoms with E-state index in [9.17, 15) is 0 Å². The highest BCUT2D eigenvalue weighted by molar-refractivity contribution is 7.26. The molecule has 8 heteroatoms. The molecule has 0 aliphatic rings. The number of nitrogens with zero attached hydrogens (tertiary/aromatic N) is 5. The van der Waals surface area contributed by atoms with E-state index < -0.39 is 0 Å². The van der Waals surface area contributed by atoms with Gasteiger partial charge in [0.25, 0.3) is 0 Å². The average Bonchev–Trinajstić information content (AvgIpc) is 3.98. The van der Waals surface area contributed by atoms with Crippen molar-refractivity contribution in [3.8, 4) is 56.8 Å². The molecule has 5 aromatic heterocycles. The number of fused-ring (bicyclic) bond motifs is 9. The quantitative estimate of drug-likeness (QED) is 0.174. The molecule has 0 fully saturated rings. The Hall–Kier alpha value is -7.13. The van der Waals surface area contributed by atoms with Gasteiger partial charge in [0.15, 0.2) is 23.3 Å². The smallest absolute Gasteiger partial charge is 0.164 e. The number of thiophene rings is 2. The minimum Gasteiger partial charge on any atom is -0.456 e. The van der Waals surface area contributed by atoms with Crippen molar-refractivity contribution in [2.45, 2.75) is 0 Å². The van der Waals surface area contributed by atoms with Gasteiger partial charge in [0.1, 0.15) is 11.2 Å². The molecule has 0 aliphatic carbocycles. The van der Waals surface area contributed by atoms with Crippen LogP contribution in [0.4, 0.5) is 0 Å². The SMILES string of the molecule is c1ccc(-c2nc(-c3cccc4oc5ccccc5c34)nc(-c3cccc4sc5cccc(-c6nc(-c7ccccc7)c7sc8ccccc8c7n6)c5c34)n2)cc1. The fraction of sp³-hybridized carbons (Fsp3) is 0. The molecule has 0 amide bonds. The molecule has 0 spiro atoms. The van der Waals surface area contributed by atoms with Crippen LogP contribution in [0.15, 0.2) is 168 Å². The highest BCUT2D eigenvalue weighted by Crippen LogP contribution is 2.46. The maximum Gasteiger partial charge on any atom is 0.164 e. The van der Waals surface area contributed by atoms with Crippen LogP contribution in [0.25, 0.3) is 119 Å². The van der Waals surface area contributed by atoms with Crippen molar-refractivity contribution in [2.24, 2.45) is 0 Å². The van der Waals surface area contributed by atoms with E-state index in [2.05, 4.69) is 97.1 Å². The molecule has 0 unspecified atom stereocenters. The van der Waals surface area contributed by atoms with Crippen LogP contribution in [-0.4, -0.2) is 24.9 Å². The summed E-state index contributed by atoms with van der Waals surface area (Å²) in [6, 6.07) is 56.1. The fourth-order valence-electron chi connectivity index (χ4n) is 8.04. The first-order valence-electron chi connectivity index (χ1n) is 18.7. The molecule has 12 rings (SSSR count). The van der Waals surface area contributed by atoms with Crippen LogP contribution in [0.2, 0.25) is 0 Å². The third-order valence-corrected chi connectivity index (χ3v) is 12.9. The van der Waals surface area contributed by atoms with Crippen molar-refractivity contribution in [3.05, 3.63) is 164 Å². The Bertz CT molecular complexity index is 3540. The zero-order valence-electron chi connectivity index (χ0n) is 30.0. The summed E-state index contributed by atoms with van der Waals surface area (Å²) in [5, 5.41) is 5.28. The molecule has 0 atom stereocenters. The first-order chi connectivity index (χ1) is 28.2. The number of para-hydroxylation sites is 1. The predicted octanol–water partition coefficient (Wildman–Crippen LogP) is 13.6. The van der Waals surface area contributed by atoms with Gasteiger partial charge in [0.2, 0.25) is 0 Å². The molecule has 0 saturated heterocycles. The van der Waals surface area contributed by atoms with Crippen LogP contribution in [0.3, 0.4) is 0 Å². The maximum atomic E-state index is 6.30. The molecule has 266 valence electrons. The summed E-state index contributed by atoms with van der Waals surface area (Å²) < 4.78 is 10.8. The normalized spacial score (nSPS) is 11.9. The zero-order chi connectivity index (χ0) is 37.5. The van der Waals surface area contributed by atoms with Gasteiger partial charge in [0, 0.05) is 68.8 Å². The lowest BCUT2D eigenvalue weighted by Crippen LogP contribution is -2.00. The van der Waals surface area contributed by atoms with E-state index in [1.54, 1.807) is 22.7 Å². The van der Waals surface area contributed by atoms with E-state index in [1.807, 2.05) is 66.7 Å². The topological polar surface area (TPSA) is 77.6 Å². The lowest BCUT2D eigenvalue weighted by molar-refractivity contribution is 0.669. The highest BCUT2D eigenvalue weighted by atomic mass is 32.1. The molecular formula is C49H27N5OS2. The van der Waals surface area contributed by atoms with Crippen molar-refractivity contribution in [1.82, 2.24) is 24.9 Å². The molecule has 0 N–H and O–H groups in total. The molecule has 0 bridgehead atoms. The van der Waals surface area contributed by atoms with Crippen LogP contribution in [-0.2, 0) is 0 Å². The third kappa shape index (κ3) is 5.12. The molecule has 0 saturated carbocycles. The Balaban J connectivity index is 1.14. The van der Waals surface area contributed by atoms with Gasteiger partial charge in [-0.1, -0.05) is 133 Å². The second kappa shape index (κ2) is 12.7. The van der Waals surface area contributed by atoms with Gasteiger partial charge in [-0.05, 0) is 30.3 Å². The van der Waals surface area contributed by atoms with Crippen LogP contribution in [0.5, 0.6) is 0 Å². The van der Waals surface area contributed by atoms with Crippen molar-refractivity contribution in [1.29, 1.82) is 0 Å². The summed E-state index contributed by atoms with van der Waals surface area (Å²) in [5.74, 6) is 2.46. The number of hydrogen-bond acceptors (Lipinski definition) is 8. The Labute approximate surface area is 333 Å². The van der Waals surface area contributed by atoms with E-state index in [1.165, 1.54) is 4.70 Å². The van der Waals surface area contributed by atoms with Crippen LogP contribution in [0, 0.1) is 0 Å². The monoisotopic (exact) mass is 765 g/mol. The molecular weight excluding hydrogens is 739 g/mol. The van der Waals surface area contributed by atoms with Crippen LogP contribution >= 0.6 is 22.7 Å². The summed E-state index contributed by atoms with van der Waals surface area (Å²) in [6.07, 6.45) is 0. The largest absolute Gasteiger partial charge is 0.456 e. The third-order valence-electron chi connectivity index (χ3n) is 10.6. The van der Waals surface area contributed by atoms with Gasteiger partial charge in [-0.2, -0.15) is 0 Å². The van der Waals surface area contributed by atoms with Gasteiger partial charge < -0.3 is 4.42 Å². The van der Waals surface area contributed by atoms with Gasteiger partial charge in [0.05, 0.1) is 15.9 Å². The molecule has 0 radical (unpaired) electrons. The Morgan fingerprint density at radius 1 is 0.351 bits per heavy atom. The van der Waals surface area contributed by atoms with Gasteiger partial charge in [-0.3, -0.25) is 0 Å². The first kappa shape index (κ1) is 32.1. The van der Waals surface area contributed by atoms with E-state index >= 15 is 0 Å². The predicted molar refractivity (Wildman–Crippen MR) is 236 cm³/mol. The van der Waals surface area contributed by atoms with E-state index in [4.69, 9.17) is 29.3 Å². The minimum absolute atomic E-state index is 0.582. The average molecular weight is 766 g/mol. The molecule has 5 heterocycles. The van der Waals surface area contributed by atoms with Gasteiger partial charge >= 0.3 is 0 Å². The van der Waals surface area contributed by atoms with E-state index in [0.717, 1.165) is 91.2 Å². The summed E-state index contributed by atoms with van der Waals surface area (Å²) in [7, 11) is 0. The Kier molecular flexibility index (Phi) is 7.17. The first-order valence-corrected chi connectivity index (χ1v) is 20.3. The summed E-state index contributed by atoms with van der Waals surface area (Å²) >= 11 is 3.50. The molecule has 0 aliphatic heterocycles. The Morgan fingerprint density at radius 2 is 0.877 bits per heavy atom. The minimum atomic E-state index is 0.582. The Morgan fingerprint density at radius 3 is 1.60 bits per heavy atom. The number of rotatable bonds is 5. The highest BCUT2D eigenvalue weighted by Gasteiger charge is 2.23. The second-order valence-electron chi connectivity index (χ2n) is 13.9. The van der Waals surface area contributed by atoms with Crippen molar-refractivity contribution in [2.75, 3.05) is 0 Å². The fourth-order valence-corrected chi connectivity index (χ4v) is 10.3. The van der Waals surface area contributed by atoms with Crippen LogP contribution < -0.4 is 0 Å². The second-order valence-corrected chi connectivity index (χ2v) is 16.1. The summed E-state index contributed by atoms with van der Waals surface area (Å²) in [5.41, 5.74) is 8.26. The lowest BCUT2D eigenvalue weighted by atomic mass is 10.0. The van der Waals surface area contributed by atoms with Crippen molar-refractivity contribution >= 4 is 85.1 Å². The number of hydrogen-bond donors (Lipinski definition) is 0. The summed E-state index contributed by atoms with van der Waals surface area (Å²) in [6.45, 7) is 0. The number of benzene rings is 7.